The van der Waals surface area contributed by atoms with E-state index in [4.69, 9.17) is 10.5 Å². The lowest BCUT2D eigenvalue weighted by Gasteiger charge is -2.02. The van der Waals surface area contributed by atoms with Crippen molar-refractivity contribution in [3.05, 3.63) is 28.7 Å². The average molecular weight is 275 g/mol. The summed E-state index contributed by atoms with van der Waals surface area (Å²) >= 11 is 3.25. The molecule has 0 aliphatic heterocycles. The first kappa shape index (κ1) is 13.2. The van der Waals surface area contributed by atoms with E-state index >= 15 is 0 Å². The minimum Gasteiger partial charge on any atom is -0.352 e. The van der Waals surface area contributed by atoms with Crippen LogP contribution in [0.1, 0.15) is 0 Å². The lowest BCUT2D eigenvalue weighted by atomic mass is 10.3. The van der Waals surface area contributed by atoms with Crippen LogP contribution < -0.4 is 22.5 Å². The van der Waals surface area contributed by atoms with Gasteiger partial charge >= 0.3 is 12.1 Å². The second kappa shape index (κ2) is 6.66. The van der Waals surface area contributed by atoms with Gasteiger partial charge in [0, 0.05) is 4.47 Å². The summed E-state index contributed by atoms with van der Waals surface area (Å²) in [5.74, 6) is 0. The van der Waals surface area contributed by atoms with Crippen LogP contribution in [0.15, 0.2) is 28.7 Å². The molecule has 0 saturated carbocycles. The molecule has 0 aliphatic carbocycles. The molecule has 0 spiro atoms. The molecule has 7 heteroatoms. The Morgan fingerprint density at radius 2 is 1.60 bits per heavy atom. The quantitative estimate of drug-likeness (QED) is 0.609. The lowest BCUT2D eigenvalue weighted by Crippen LogP contribution is -2.19. The third-order valence-electron chi connectivity index (χ3n) is 1.13. The highest BCUT2D eigenvalue weighted by atomic mass is 79.9. The molecule has 1 rings (SSSR count). The molecule has 0 heterocycles. The molecule has 1 aromatic carbocycles. The molecule has 0 atom stereocenters. The third kappa shape index (κ3) is 7.32. The molecule has 82 valence electrons. The van der Waals surface area contributed by atoms with Crippen LogP contribution in [0.25, 0.3) is 0 Å². The van der Waals surface area contributed by atoms with Crippen LogP contribution in [0.5, 0.6) is 0 Å². The van der Waals surface area contributed by atoms with Crippen LogP contribution in [0.4, 0.5) is 15.3 Å². The van der Waals surface area contributed by atoms with Gasteiger partial charge in [-0.3, -0.25) is 0 Å². The van der Waals surface area contributed by atoms with Gasteiger partial charge in [-0.1, -0.05) is 12.1 Å². The van der Waals surface area contributed by atoms with E-state index in [1.807, 2.05) is 18.2 Å². The largest absolute Gasteiger partial charge is 0.352 e. The molecular weight excluding hydrogens is 264 g/mol. The van der Waals surface area contributed by atoms with E-state index < -0.39 is 12.1 Å². The Hall–Kier alpha value is -1.76. The van der Waals surface area contributed by atoms with Crippen LogP contribution in [-0.4, -0.2) is 12.1 Å². The van der Waals surface area contributed by atoms with Gasteiger partial charge in [0.2, 0.25) is 0 Å². The van der Waals surface area contributed by atoms with Gasteiger partial charge in [0.05, 0.1) is 5.69 Å². The number of hydrogen-bond donors (Lipinski definition) is 4. The summed E-state index contributed by atoms with van der Waals surface area (Å²) in [6.07, 6.45) is 0. The third-order valence-corrected chi connectivity index (χ3v) is 1.82. The van der Waals surface area contributed by atoms with Crippen molar-refractivity contribution < 1.29 is 9.59 Å². The number of primary amides is 3. The fraction of sp³-hybridized carbons (Fsp3) is 0. The number of nitrogens with two attached hydrogens (primary N) is 3. The van der Waals surface area contributed by atoms with E-state index in [-0.39, 0.29) is 0 Å². The molecular formula is C8H11BrN4O2. The van der Waals surface area contributed by atoms with Crippen LogP contribution in [0.3, 0.4) is 0 Å². The number of amides is 4. The number of urea groups is 2. The number of anilines is 1. The smallest absolute Gasteiger partial charge is 0.316 e. The number of rotatable bonds is 1. The first-order chi connectivity index (χ1) is 6.93. The van der Waals surface area contributed by atoms with Crippen molar-refractivity contribution in [3.8, 4) is 0 Å². The minimum absolute atomic E-state index is 0.558. The van der Waals surface area contributed by atoms with Gasteiger partial charge in [-0.15, -0.1) is 0 Å². The van der Waals surface area contributed by atoms with Gasteiger partial charge < -0.3 is 22.5 Å². The highest BCUT2D eigenvalue weighted by molar-refractivity contribution is 9.10. The maximum Gasteiger partial charge on any atom is 0.316 e. The number of benzene rings is 1. The summed E-state index contributed by atoms with van der Waals surface area (Å²) in [5.41, 5.74) is 14.1. The zero-order valence-electron chi connectivity index (χ0n) is 7.74. The van der Waals surface area contributed by atoms with E-state index in [0.717, 1.165) is 4.47 Å². The second-order valence-corrected chi connectivity index (χ2v) is 3.23. The van der Waals surface area contributed by atoms with E-state index in [1.165, 1.54) is 0 Å². The van der Waals surface area contributed by atoms with Gasteiger partial charge in [-0.25, -0.2) is 9.59 Å². The molecule has 15 heavy (non-hydrogen) atoms. The summed E-state index contributed by atoms with van der Waals surface area (Å²) in [6, 6.07) is 5.86. The van der Waals surface area contributed by atoms with Crippen molar-refractivity contribution in [1.82, 2.24) is 0 Å². The Morgan fingerprint density at radius 1 is 1.13 bits per heavy atom. The Labute approximate surface area is 94.9 Å². The summed E-state index contributed by atoms with van der Waals surface area (Å²) in [5, 5.41) is 2.47. The average Bonchev–Trinajstić information content (AvgIpc) is 2.07. The number of carbonyl (C=O) groups excluding carboxylic acids is 2. The Bertz CT molecular complexity index is 352. The number of para-hydroxylation sites is 1. The molecule has 0 aromatic heterocycles. The van der Waals surface area contributed by atoms with E-state index in [2.05, 4.69) is 32.7 Å². The van der Waals surface area contributed by atoms with E-state index in [9.17, 15) is 4.79 Å². The summed E-state index contributed by atoms with van der Waals surface area (Å²) in [6.45, 7) is 0. The predicted octanol–water partition coefficient (Wildman–Crippen LogP) is 0.964. The van der Waals surface area contributed by atoms with Gasteiger partial charge in [0.15, 0.2) is 0 Å². The van der Waals surface area contributed by atoms with Crippen molar-refractivity contribution in [3.63, 3.8) is 0 Å². The molecule has 0 fully saturated rings. The maximum absolute atomic E-state index is 10.4. The standard InChI is InChI=1S/C7H7BrN2O.CH4N2O/c8-5-3-1-2-4-6(5)10-7(9)11;2-1(3)4/h1-4H,(H3,9,10,11);(H4,2,3,4). The van der Waals surface area contributed by atoms with Gasteiger partial charge in [0.25, 0.3) is 0 Å². The van der Waals surface area contributed by atoms with Crippen molar-refractivity contribution in [1.29, 1.82) is 0 Å². The number of carbonyl (C=O) groups is 2. The molecule has 7 N–H and O–H groups in total. The fourth-order valence-electron chi connectivity index (χ4n) is 0.695. The van der Waals surface area contributed by atoms with Crippen molar-refractivity contribution >= 4 is 33.7 Å². The molecule has 0 radical (unpaired) electrons. The van der Waals surface area contributed by atoms with E-state index in [1.54, 1.807) is 6.07 Å². The Morgan fingerprint density at radius 3 is 2.00 bits per heavy atom. The zero-order chi connectivity index (χ0) is 11.8. The lowest BCUT2D eigenvalue weighted by molar-refractivity contribution is 0.256. The van der Waals surface area contributed by atoms with Gasteiger partial charge in [0.1, 0.15) is 0 Å². The van der Waals surface area contributed by atoms with Crippen molar-refractivity contribution in [2.75, 3.05) is 5.32 Å². The molecule has 1 aromatic rings. The summed E-state index contributed by atoms with van der Waals surface area (Å²) < 4.78 is 0.818. The summed E-state index contributed by atoms with van der Waals surface area (Å²) in [7, 11) is 0. The molecule has 6 nitrogen and oxygen atoms in total. The van der Waals surface area contributed by atoms with Gasteiger partial charge in [-0.2, -0.15) is 0 Å². The van der Waals surface area contributed by atoms with Crippen LogP contribution in [0, 0.1) is 0 Å². The Kier molecular flexibility index (Phi) is 5.88. The Balaban J connectivity index is 0.000000423. The topological polar surface area (TPSA) is 124 Å². The van der Waals surface area contributed by atoms with E-state index in [0.29, 0.717) is 5.69 Å². The minimum atomic E-state index is -0.833. The first-order valence-electron chi connectivity index (χ1n) is 3.79. The molecule has 0 saturated heterocycles. The highest BCUT2D eigenvalue weighted by Crippen LogP contribution is 2.20. The van der Waals surface area contributed by atoms with Crippen LogP contribution in [-0.2, 0) is 0 Å². The molecule has 0 aliphatic rings. The number of hydrogen-bond acceptors (Lipinski definition) is 2. The molecule has 4 amide bonds. The normalized spacial score (nSPS) is 8.33. The fourth-order valence-corrected chi connectivity index (χ4v) is 1.08. The SMILES string of the molecule is NC(=O)Nc1ccccc1Br.NC(N)=O. The molecule has 0 bridgehead atoms. The highest BCUT2D eigenvalue weighted by Gasteiger charge is 1.98. The van der Waals surface area contributed by atoms with Crippen molar-refractivity contribution in [2.24, 2.45) is 17.2 Å². The zero-order valence-corrected chi connectivity index (χ0v) is 9.32. The summed E-state index contributed by atoms with van der Waals surface area (Å²) in [4.78, 5) is 19.4. The monoisotopic (exact) mass is 274 g/mol. The van der Waals surface area contributed by atoms with Crippen LogP contribution in [0.2, 0.25) is 0 Å². The van der Waals surface area contributed by atoms with Crippen molar-refractivity contribution in [2.45, 2.75) is 0 Å². The number of halogens is 1. The second-order valence-electron chi connectivity index (χ2n) is 2.37. The maximum atomic E-state index is 10.4. The van der Waals surface area contributed by atoms with Gasteiger partial charge in [-0.05, 0) is 28.1 Å². The number of nitrogens with one attached hydrogen (secondary N) is 1. The van der Waals surface area contributed by atoms with Crippen LogP contribution >= 0.6 is 15.9 Å². The predicted molar refractivity (Wildman–Crippen MR) is 61.1 cm³/mol. The molecule has 0 unspecified atom stereocenters. The first-order valence-corrected chi connectivity index (χ1v) is 4.58.